The standard InChI is InChI=1S/C14H10Cl4O.C12H12N2O2/c15-11-3-1-9(13(17)5-11)7-19-8-10-2-4-12(16)6-14(10)18;1-16-11-4-3-9(8-15)7-10(11)12-13-5-2-6-14-12/h1-6H,7-8H2;2-7,15H,8H2,1H3. The van der Waals surface area contributed by atoms with Crippen LogP contribution in [0.25, 0.3) is 11.4 Å². The minimum atomic E-state index is -0.0101. The third-order valence-corrected chi connectivity index (χ3v) is 5.97. The maximum absolute atomic E-state index is 9.09. The number of rotatable bonds is 7. The van der Waals surface area contributed by atoms with Gasteiger partial charge in [0, 0.05) is 32.5 Å². The van der Waals surface area contributed by atoms with Crippen molar-refractivity contribution >= 4 is 46.4 Å². The van der Waals surface area contributed by atoms with Crippen LogP contribution < -0.4 is 4.74 Å². The van der Waals surface area contributed by atoms with E-state index in [4.69, 9.17) is 61.0 Å². The van der Waals surface area contributed by atoms with Crippen LogP contribution in [0.4, 0.5) is 0 Å². The molecule has 0 aliphatic carbocycles. The third kappa shape index (κ3) is 8.07. The van der Waals surface area contributed by atoms with E-state index in [0.717, 1.165) is 22.3 Å². The van der Waals surface area contributed by atoms with Crippen molar-refractivity contribution in [2.24, 2.45) is 0 Å². The second-order valence-electron chi connectivity index (χ2n) is 7.23. The van der Waals surface area contributed by atoms with Gasteiger partial charge in [-0.1, -0.05) is 64.6 Å². The monoisotopic (exact) mass is 550 g/mol. The number of hydrogen-bond acceptors (Lipinski definition) is 5. The Labute approximate surface area is 224 Å². The highest BCUT2D eigenvalue weighted by molar-refractivity contribution is 6.35. The molecule has 0 saturated heterocycles. The number of hydrogen-bond donors (Lipinski definition) is 1. The molecule has 0 bridgehead atoms. The Morgan fingerprint density at radius 2 is 1.34 bits per heavy atom. The number of aliphatic hydroxyl groups excluding tert-OH is 1. The van der Waals surface area contributed by atoms with Crippen molar-refractivity contribution in [2.45, 2.75) is 19.8 Å². The van der Waals surface area contributed by atoms with E-state index in [1.54, 1.807) is 55.9 Å². The Bertz CT molecular complexity index is 1210. The van der Waals surface area contributed by atoms with Crippen LogP contribution >= 0.6 is 46.4 Å². The molecule has 0 fully saturated rings. The van der Waals surface area contributed by atoms with E-state index >= 15 is 0 Å². The molecule has 0 atom stereocenters. The first-order chi connectivity index (χ1) is 16.9. The molecule has 3 aromatic carbocycles. The van der Waals surface area contributed by atoms with Crippen molar-refractivity contribution in [3.8, 4) is 17.1 Å². The summed E-state index contributed by atoms with van der Waals surface area (Å²) in [4.78, 5) is 8.32. The van der Waals surface area contributed by atoms with Gasteiger partial charge in [0.15, 0.2) is 5.82 Å². The molecule has 4 aromatic rings. The van der Waals surface area contributed by atoms with E-state index in [9.17, 15) is 0 Å². The Balaban J connectivity index is 0.000000198. The molecule has 0 unspecified atom stereocenters. The highest BCUT2D eigenvalue weighted by atomic mass is 35.5. The SMILES string of the molecule is COc1ccc(CO)cc1-c1ncccn1.Clc1ccc(COCc2ccc(Cl)cc2Cl)c(Cl)c1. The zero-order valence-corrected chi connectivity index (χ0v) is 21.7. The van der Waals surface area contributed by atoms with Crippen LogP contribution in [0, 0.1) is 0 Å². The molecule has 0 amide bonds. The van der Waals surface area contributed by atoms with Gasteiger partial charge < -0.3 is 14.6 Å². The average Bonchev–Trinajstić information content (AvgIpc) is 2.87. The molecule has 0 saturated carbocycles. The quantitative estimate of drug-likeness (QED) is 0.255. The molecule has 4 rings (SSSR count). The second kappa shape index (κ2) is 13.6. The summed E-state index contributed by atoms with van der Waals surface area (Å²) in [6.07, 6.45) is 3.35. The van der Waals surface area contributed by atoms with Crippen LogP contribution in [-0.4, -0.2) is 22.2 Å². The van der Waals surface area contributed by atoms with Crippen LogP contribution in [-0.2, 0) is 24.6 Å². The van der Waals surface area contributed by atoms with Crippen molar-refractivity contribution < 1.29 is 14.6 Å². The first-order valence-corrected chi connectivity index (χ1v) is 11.9. The molecule has 1 aromatic heterocycles. The van der Waals surface area contributed by atoms with E-state index in [2.05, 4.69) is 9.97 Å². The Kier molecular flexibility index (Phi) is 10.6. The zero-order chi connectivity index (χ0) is 25.2. The van der Waals surface area contributed by atoms with Gasteiger partial charge in [0.2, 0.25) is 0 Å². The van der Waals surface area contributed by atoms with E-state index in [1.807, 2.05) is 24.3 Å². The largest absolute Gasteiger partial charge is 0.496 e. The summed E-state index contributed by atoms with van der Waals surface area (Å²) in [5, 5.41) is 11.5. The van der Waals surface area contributed by atoms with Crippen LogP contribution in [0.15, 0.2) is 73.1 Å². The number of halogens is 4. The fourth-order valence-corrected chi connectivity index (χ4v) is 3.94. The number of methoxy groups -OCH3 is 1. The highest BCUT2D eigenvalue weighted by Gasteiger charge is 2.09. The maximum Gasteiger partial charge on any atom is 0.162 e. The fraction of sp³-hybridized carbons (Fsp3) is 0.154. The maximum atomic E-state index is 9.09. The second-order valence-corrected chi connectivity index (χ2v) is 8.92. The Morgan fingerprint density at radius 3 is 1.83 bits per heavy atom. The normalized spacial score (nSPS) is 10.5. The molecule has 1 N–H and O–H groups in total. The first-order valence-electron chi connectivity index (χ1n) is 10.4. The summed E-state index contributed by atoms with van der Waals surface area (Å²) in [5.41, 5.74) is 3.37. The van der Waals surface area contributed by atoms with Gasteiger partial charge in [0.05, 0.1) is 32.5 Å². The lowest BCUT2D eigenvalue weighted by atomic mass is 10.1. The van der Waals surface area contributed by atoms with E-state index in [1.165, 1.54) is 0 Å². The predicted octanol–water partition coefficient (Wildman–Crippen LogP) is 7.66. The number of nitrogens with zero attached hydrogens (tertiary/aromatic N) is 2. The van der Waals surface area contributed by atoms with E-state index in [0.29, 0.717) is 44.9 Å². The van der Waals surface area contributed by atoms with Crippen LogP contribution in [0.2, 0.25) is 20.1 Å². The minimum Gasteiger partial charge on any atom is -0.496 e. The minimum absolute atomic E-state index is 0.0101. The van der Waals surface area contributed by atoms with Gasteiger partial charge >= 0.3 is 0 Å². The average molecular weight is 552 g/mol. The van der Waals surface area contributed by atoms with E-state index in [-0.39, 0.29) is 6.61 Å². The van der Waals surface area contributed by atoms with Gasteiger partial charge in [0.1, 0.15) is 5.75 Å². The first kappa shape index (κ1) is 27.2. The van der Waals surface area contributed by atoms with Crippen molar-refractivity contribution in [1.82, 2.24) is 9.97 Å². The third-order valence-electron chi connectivity index (χ3n) is 4.80. The summed E-state index contributed by atoms with van der Waals surface area (Å²) in [6, 6.07) is 17.8. The lowest BCUT2D eigenvalue weighted by Crippen LogP contribution is -1.95. The molecule has 182 valence electrons. The summed E-state index contributed by atoms with van der Waals surface area (Å²) < 4.78 is 10.8. The van der Waals surface area contributed by atoms with Gasteiger partial charge in [0.25, 0.3) is 0 Å². The van der Waals surface area contributed by atoms with Gasteiger partial charge in [-0.15, -0.1) is 0 Å². The predicted molar refractivity (Wildman–Crippen MR) is 141 cm³/mol. The summed E-state index contributed by atoms with van der Waals surface area (Å²) in [5.74, 6) is 1.29. The smallest absolute Gasteiger partial charge is 0.162 e. The Hall–Kier alpha value is -2.38. The molecular formula is C26H22Cl4N2O3. The van der Waals surface area contributed by atoms with Crippen LogP contribution in [0.5, 0.6) is 5.75 Å². The molecule has 35 heavy (non-hydrogen) atoms. The Morgan fingerprint density at radius 1 is 0.771 bits per heavy atom. The van der Waals surface area contributed by atoms with Gasteiger partial charge in [-0.3, -0.25) is 0 Å². The summed E-state index contributed by atoms with van der Waals surface area (Å²) >= 11 is 23.8. The lowest BCUT2D eigenvalue weighted by molar-refractivity contribution is 0.107. The van der Waals surface area contributed by atoms with Gasteiger partial charge in [-0.05, 0) is 59.2 Å². The number of benzene rings is 3. The molecule has 5 nitrogen and oxygen atoms in total. The zero-order valence-electron chi connectivity index (χ0n) is 18.7. The van der Waals surface area contributed by atoms with Crippen molar-refractivity contribution in [3.63, 3.8) is 0 Å². The fourth-order valence-electron chi connectivity index (χ4n) is 3.01. The topological polar surface area (TPSA) is 64.5 Å². The number of aliphatic hydroxyl groups is 1. The van der Waals surface area contributed by atoms with E-state index < -0.39 is 0 Å². The van der Waals surface area contributed by atoms with Crippen LogP contribution in [0.3, 0.4) is 0 Å². The van der Waals surface area contributed by atoms with Crippen LogP contribution in [0.1, 0.15) is 16.7 Å². The van der Waals surface area contributed by atoms with Crippen molar-refractivity contribution in [2.75, 3.05) is 7.11 Å². The van der Waals surface area contributed by atoms with Gasteiger partial charge in [-0.25, -0.2) is 9.97 Å². The van der Waals surface area contributed by atoms with Gasteiger partial charge in [-0.2, -0.15) is 0 Å². The highest BCUT2D eigenvalue weighted by Crippen LogP contribution is 2.28. The summed E-state index contributed by atoms with van der Waals surface area (Å²) in [7, 11) is 1.60. The molecular weight excluding hydrogens is 530 g/mol. The van der Waals surface area contributed by atoms with Crippen molar-refractivity contribution in [3.05, 3.63) is 110 Å². The van der Waals surface area contributed by atoms with Crippen molar-refractivity contribution in [1.29, 1.82) is 0 Å². The number of ether oxygens (including phenoxy) is 2. The molecule has 1 heterocycles. The molecule has 9 heteroatoms. The summed E-state index contributed by atoms with van der Waals surface area (Å²) in [6.45, 7) is 0.785. The molecule has 0 aliphatic rings. The number of aromatic nitrogens is 2. The lowest BCUT2D eigenvalue weighted by Gasteiger charge is -2.08. The molecule has 0 spiro atoms. The molecule has 0 radical (unpaired) electrons. The molecule has 0 aliphatic heterocycles.